The number of nitrogens with zero attached hydrogens (tertiary/aromatic N) is 4. The van der Waals surface area contributed by atoms with Crippen molar-refractivity contribution >= 4 is 11.8 Å². The molecule has 0 radical (unpaired) electrons. The number of rotatable bonds is 4. The second kappa shape index (κ2) is 9.05. The quantitative estimate of drug-likeness (QED) is 0.800. The van der Waals surface area contributed by atoms with Crippen molar-refractivity contribution < 1.29 is 18.7 Å². The number of likely N-dealkylation sites (N-methyl/N-ethyl adjacent to an activating group) is 1. The van der Waals surface area contributed by atoms with Crippen LogP contribution in [0.3, 0.4) is 0 Å². The summed E-state index contributed by atoms with van der Waals surface area (Å²) in [5, 5.41) is 6.72. The minimum atomic E-state index is -0.370. The number of ether oxygens (including phenoxy) is 1. The molecule has 2 aliphatic heterocycles. The number of likely N-dealkylation sites (tertiary alicyclic amines) is 1. The van der Waals surface area contributed by atoms with E-state index in [9.17, 15) is 14.0 Å². The van der Waals surface area contributed by atoms with Gasteiger partial charge in [0, 0.05) is 57.3 Å². The maximum absolute atomic E-state index is 13.4. The average Bonchev–Trinajstić information content (AvgIpc) is 3.19. The number of aryl methyl sites for hydroxylation is 1. The molecule has 0 saturated carbocycles. The zero-order valence-corrected chi connectivity index (χ0v) is 17.9. The number of aromatic nitrogens is 2. The molecular weight excluding hydrogens is 401 g/mol. The third kappa shape index (κ3) is 4.71. The Morgan fingerprint density at radius 2 is 1.94 bits per heavy atom. The summed E-state index contributed by atoms with van der Waals surface area (Å²) in [4.78, 5) is 31.7. The summed E-state index contributed by atoms with van der Waals surface area (Å²) in [5.41, 5.74) is 1.28. The van der Waals surface area contributed by atoms with E-state index in [4.69, 9.17) is 4.74 Å². The highest BCUT2D eigenvalue weighted by Gasteiger charge is 2.36. The van der Waals surface area contributed by atoms with Crippen molar-refractivity contribution in [1.29, 1.82) is 0 Å². The fourth-order valence-corrected chi connectivity index (χ4v) is 4.20. The lowest BCUT2D eigenvalue weighted by molar-refractivity contribution is -0.140. The first kappa shape index (κ1) is 21.3. The van der Waals surface area contributed by atoms with Crippen LogP contribution in [0.5, 0.6) is 5.75 Å². The molecule has 4 rings (SSSR count). The number of halogens is 1. The van der Waals surface area contributed by atoms with Crippen molar-refractivity contribution in [3.63, 3.8) is 0 Å². The number of amides is 2. The topological polar surface area (TPSA) is 81.8 Å². The molecule has 2 fully saturated rings. The Morgan fingerprint density at radius 3 is 2.61 bits per heavy atom. The Morgan fingerprint density at radius 1 is 1.16 bits per heavy atom. The van der Waals surface area contributed by atoms with Crippen LogP contribution in [0.4, 0.5) is 4.39 Å². The van der Waals surface area contributed by atoms with Crippen LogP contribution in [0.2, 0.25) is 0 Å². The zero-order valence-electron chi connectivity index (χ0n) is 17.9. The molecule has 1 atom stereocenters. The Bertz CT molecular complexity index is 941. The summed E-state index contributed by atoms with van der Waals surface area (Å²) in [5.74, 6) is 0.128. The van der Waals surface area contributed by atoms with Crippen molar-refractivity contribution in [2.45, 2.75) is 31.9 Å². The molecule has 1 aromatic heterocycles. The van der Waals surface area contributed by atoms with Gasteiger partial charge in [0.2, 0.25) is 5.91 Å². The second-order valence-corrected chi connectivity index (χ2v) is 8.26. The number of carbonyl (C=O) groups excluding carboxylic acids is 2. The summed E-state index contributed by atoms with van der Waals surface area (Å²) in [6.45, 7) is 4.55. The normalized spacial score (nSPS) is 20.7. The minimum absolute atomic E-state index is 0.0353. The molecule has 2 aromatic rings. The van der Waals surface area contributed by atoms with Gasteiger partial charge in [-0.3, -0.25) is 19.6 Å². The van der Waals surface area contributed by atoms with E-state index >= 15 is 0 Å². The third-order valence-electron chi connectivity index (χ3n) is 6.13. The van der Waals surface area contributed by atoms with E-state index in [2.05, 4.69) is 10.2 Å². The van der Waals surface area contributed by atoms with Crippen molar-refractivity contribution in [2.75, 3.05) is 39.8 Å². The molecule has 2 aliphatic rings. The summed E-state index contributed by atoms with van der Waals surface area (Å²) in [7, 11) is 1.92. The van der Waals surface area contributed by atoms with Gasteiger partial charge in [0.1, 0.15) is 23.7 Å². The van der Waals surface area contributed by atoms with Crippen LogP contribution < -0.4 is 4.74 Å². The van der Waals surface area contributed by atoms with E-state index in [-0.39, 0.29) is 29.8 Å². The number of hydrogen-bond acceptors (Lipinski definition) is 5. The smallest absolute Gasteiger partial charge is 0.257 e. The average molecular weight is 429 g/mol. The van der Waals surface area contributed by atoms with Crippen LogP contribution in [0.25, 0.3) is 0 Å². The minimum Gasteiger partial charge on any atom is -0.490 e. The van der Waals surface area contributed by atoms with Gasteiger partial charge in [-0.15, -0.1) is 0 Å². The maximum atomic E-state index is 13.4. The van der Waals surface area contributed by atoms with Gasteiger partial charge in [-0.05, 0) is 26.1 Å². The number of piperidine rings is 1. The summed E-state index contributed by atoms with van der Waals surface area (Å²) < 4.78 is 19.2. The van der Waals surface area contributed by atoms with Crippen molar-refractivity contribution in [3.8, 4) is 5.75 Å². The first-order valence-electron chi connectivity index (χ1n) is 10.6. The van der Waals surface area contributed by atoms with E-state index in [1.54, 1.807) is 17.0 Å². The van der Waals surface area contributed by atoms with Gasteiger partial charge < -0.3 is 14.5 Å². The summed E-state index contributed by atoms with van der Waals surface area (Å²) in [6, 6.07) is 5.76. The number of H-pyrrole nitrogens is 1. The fraction of sp³-hybridized carbons (Fsp3) is 0.500. The SMILES string of the molecule is Cc1[nH]ncc1C(=O)N1CCN(C)C(C(=O)N2CCC(Oc3cccc(F)c3)CC2)C1. The Balaban J connectivity index is 1.34. The Labute approximate surface area is 180 Å². The van der Waals surface area contributed by atoms with Crippen molar-refractivity contribution in [2.24, 2.45) is 0 Å². The molecule has 2 saturated heterocycles. The standard InChI is InChI=1S/C22H28FN5O3/c1-15-19(13-24-25-15)21(29)28-11-10-26(2)20(14-28)22(30)27-8-6-17(7-9-27)31-18-5-3-4-16(23)12-18/h3-5,12-13,17,20H,6-11,14H2,1-2H3,(H,24,25). The first-order valence-corrected chi connectivity index (χ1v) is 10.6. The van der Waals surface area contributed by atoms with Gasteiger partial charge in [-0.2, -0.15) is 5.10 Å². The molecular formula is C22H28FN5O3. The lowest BCUT2D eigenvalue weighted by Gasteiger charge is -2.42. The summed E-state index contributed by atoms with van der Waals surface area (Å²) in [6.07, 6.45) is 2.87. The number of aromatic amines is 1. The van der Waals surface area contributed by atoms with Crippen LogP contribution in [0.15, 0.2) is 30.5 Å². The highest BCUT2D eigenvalue weighted by molar-refractivity contribution is 5.95. The molecule has 2 amide bonds. The second-order valence-electron chi connectivity index (χ2n) is 8.26. The van der Waals surface area contributed by atoms with Gasteiger partial charge in [0.15, 0.2) is 0 Å². The third-order valence-corrected chi connectivity index (χ3v) is 6.13. The molecule has 31 heavy (non-hydrogen) atoms. The van der Waals surface area contributed by atoms with Gasteiger partial charge in [0.05, 0.1) is 11.8 Å². The Kier molecular flexibility index (Phi) is 6.22. The molecule has 3 heterocycles. The monoisotopic (exact) mass is 429 g/mol. The zero-order chi connectivity index (χ0) is 22.0. The lowest BCUT2D eigenvalue weighted by Crippen LogP contribution is -2.60. The number of benzene rings is 1. The molecule has 1 unspecified atom stereocenters. The van der Waals surface area contributed by atoms with E-state index in [1.165, 1.54) is 18.3 Å². The molecule has 9 heteroatoms. The Hall–Kier alpha value is -2.94. The van der Waals surface area contributed by atoms with Crippen molar-refractivity contribution in [3.05, 3.63) is 47.5 Å². The van der Waals surface area contributed by atoms with E-state index in [0.29, 0.717) is 56.9 Å². The van der Waals surface area contributed by atoms with E-state index in [1.807, 2.05) is 23.8 Å². The molecule has 0 spiro atoms. The molecule has 1 aromatic carbocycles. The van der Waals surface area contributed by atoms with Gasteiger partial charge in [-0.1, -0.05) is 6.07 Å². The van der Waals surface area contributed by atoms with Gasteiger partial charge in [-0.25, -0.2) is 4.39 Å². The predicted octanol–water partition coefficient (Wildman–Crippen LogP) is 1.68. The van der Waals surface area contributed by atoms with Gasteiger partial charge >= 0.3 is 0 Å². The number of nitrogens with one attached hydrogen (secondary N) is 1. The molecule has 1 N–H and O–H groups in total. The maximum Gasteiger partial charge on any atom is 0.257 e. The largest absolute Gasteiger partial charge is 0.490 e. The van der Waals surface area contributed by atoms with E-state index < -0.39 is 0 Å². The van der Waals surface area contributed by atoms with Crippen LogP contribution in [-0.2, 0) is 4.79 Å². The number of hydrogen-bond donors (Lipinski definition) is 1. The highest BCUT2D eigenvalue weighted by Crippen LogP contribution is 2.22. The van der Waals surface area contributed by atoms with Crippen LogP contribution in [0.1, 0.15) is 28.9 Å². The highest BCUT2D eigenvalue weighted by atomic mass is 19.1. The molecule has 8 nitrogen and oxygen atoms in total. The predicted molar refractivity (Wildman–Crippen MR) is 112 cm³/mol. The molecule has 0 bridgehead atoms. The van der Waals surface area contributed by atoms with Gasteiger partial charge in [0.25, 0.3) is 5.91 Å². The number of carbonyl (C=O) groups is 2. The lowest BCUT2D eigenvalue weighted by atomic mass is 10.0. The fourth-order valence-electron chi connectivity index (χ4n) is 4.20. The van der Waals surface area contributed by atoms with Crippen molar-refractivity contribution in [1.82, 2.24) is 24.9 Å². The molecule has 166 valence electrons. The molecule has 0 aliphatic carbocycles. The summed E-state index contributed by atoms with van der Waals surface area (Å²) >= 11 is 0. The van der Waals surface area contributed by atoms with Crippen LogP contribution in [-0.4, -0.2) is 88.6 Å². The van der Waals surface area contributed by atoms with Crippen LogP contribution >= 0.6 is 0 Å². The first-order chi connectivity index (χ1) is 14.9. The van der Waals surface area contributed by atoms with E-state index in [0.717, 1.165) is 5.69 Å². The number of piperazine rings is 1. The van der Waals surface area contributed by atoms with Crippen LogP contribution in [0, 0.1) is 12.7 Å².